The van der Waals surface area contributed by atoms with Crippen LogP contribution < -0.4 is 4.90 Å². The Labute approximate surface area is 116 Å². The summed E-state index contributed by atoms with van der Waals surface area (Å²) in [5.74, 6) is 1.65. The third kappa shape index (κ3) is 2.82. The highest BCUT2D eigenvalue weighted by molar-refractivity contribution is 7.10. The molecule has 2 rings (SSSR count). The van der Waals surface area contributed by atoms with E-state index in [0.717, 1.165) is 18.1 Å². The molecule has 0 aliphatic heterocycles. The molecule has 0 bridgehead atoms. The summed E-state index contributed by atoms with van der Waals surface area (Å²) in [6.07, 6.45) is 0.786. The molecule has 2 aromatic rings. The van der Waals surface area contributed by atoms with E-state index < -0.39 is 0 Å². The molecule has 0 radical (unpaired) electrons. The summed E-state index contributed by atoms with van der Waals surface area (Å²) in [6, 6.07) is 6.29. The second-order valence-electron chi connectivity index (χ2n) is 4.12. The van der Waals surface area contributed by atoms with E-state index in [1.54, 1.807) is 11.3 Å². The second kappa shape index (κ2) is 5.67. The molecule has 96 valence electrons. The molecule has 0 aliphatic carbocycles. The Hall–Kier alpha value is -1.13. The number of hydrogen-bond donors (Lipinski definition) is 0. The van der Waals surface area contributed by atoms with E-state index in [1.807, 2.05) is 20.0 Å². The number of anilines is 1. The van der Waals surface area contributed by atoms with Gasteiger partial charge in [0.1, 0.15) is 16.8 Å². The molecule has 18 heavy (non-hydrogen) atoms. The molecule has 0 fully saturated rings. The summed E-state index contributed by atoms with van der Waals surface area (Å²) in [5.41, 5.74) is 0. The fraction of sp³-hybridized carbons (Fsp3) is 0.385. The highest BCUT2D eigenvalue weighted by Crippen LogP contribution is 2.27. The fourth-order valence-corrected chi connectivity index (χ4v) is 2.73. The van der Waals surface area contributed by atoms with Crippen molar-refractivity contribution in [1.82, 2.24) is 9.97 Å². The van der Waals surface area contributed by atoms with Crippen molar-refractivity contribution in [3.63, 3.8) is 0 Å². The van der Waals surface area contributed by atoms with Gasteiger partial charge in [-0.25, -0.2) is 9.97 Å². The van der Waals surface area contributed by atoms with E-state index in [0.29, 0.717) is 5.15 Å². The van der Waals surface area contributed by atoms with Gasteiger partial charge in [0.05, 0.1) is 6.04 Å². The monoisotopic (exact) mass is 281 g/mol. The summed E-state index contributed by atoms with van der Waals surface area (Å²) in [7, 11) is 2.03. The van der Waals surface area contributed by atoms with Crippen molar-refractivity contribution in [3.05, 3.63) is 39.4 Å². The second-order valence-corrected chi connectivity index (χ2v) is 5.49. The highest BCUT2D eigenvalue weighted by Gasteiger charge is 2.15. The van der Waals surface area contributed by atoms with Gasteiger partial charge in [-0.15, -0.1) is 11.3 Å². The van der Waals surface area contributed by atoms with Gasteiger partial charge in [-0.05, 0) is 18.4 Å². The minimum absolute atomic E-state index is 0.278. The van der Waals surface area contributed by atoms with Gasteiger partial charge >= 0.3 is 0 Å². The minimum atomic E-state index is 0.278. The Balaban J connectivity index is 2.28. The first-order valence-corrected chi connectivity index (χ1v) is 7.17. The predicted molar refractivity (Wildman–Crippen MR) is 77.6 cm³/mol. The summed E-state index contributed by atoms with van der Waals surface area (Å²) in [6.45, 7) is 4.19. The first-order chi connectivity index (χ1) is 8.61. The fourth-order valence-electron chi connectivity index (χ4n) is 1.71. The molecule has 0 saturated heterocycles. The number of nitrogens with zero attached hydrogens (tertiary/aromatic N) is 3. The SMILES string of the molecule is CCc1nc(Cl)cc(N(C)C(C)c2cccs2)n1. The van der Waals surface area contributed by atoms with Crippen LogP contribution in [0.4, 0.5) is 5.82 Å². The number of rotatable bonds is 4. The number of halogens is 1. The molecule has 5 heteroatoms. The van der Waals surface area contributed by atoms with Gasteiger partial charge in [0.25, 0.3) is 0 Å². The lowest BCUT2D eigenvalue weighted by atomic mass is 10.2. The van der Waals surface area contributed by atoms with Crippen LogP contribution >= 0.6 is 22.9 Å². The quantitative estimate of drug-likeness (QED) is 0.795. The zero-order valence-corrected chi connectivity index (χ0v) is 12.3. The first-order valence-electron chi connectivity index (χ1n) is 5.91. The van der Waals surface area contributed by atoms with Crippen LogP contribution in [0, 0.1) is 0 Å². The Morgan fingerprint density at radius 3 is 2.83 bits per heavy atom. The molecular formula is C13H16ClN3S. The van der Waals surface area contributed by atoms with Gasteiger partial charge in [-0.1, -0.05) is 24.6 Å². The Kier molecular flexibility index (Phi) is 4.19. The largest absolute Gasteiger partial charge is 0.352 e. The normalized spacial score (nSPS) is 12.4. The van der Waals surface area contributed by atoms with Crippen LogP contribution in [0.1, 0.15) is 30.6 Å². The van der Waals surface area contributed by atoms with Crippen molar-refractivity contribution >= 4 is 28.8 Å². The maximum Gasteiger partial charge on any atom is 0.134 e. The molecular weight excluding hydrogens is 266 g/mol. The van der Waals surface area contributed by atoms with Gasteiger partial charge in [-0.3, -0.25) is 0 Å². The molecule has 3 nitrogen and oxygen atoms in total. The topological polar surface area (TPSA) is 29.0 Å². The van der Waals surface area contributed by atoms with Crippen molar-refractivity contribution in [2.24, 2.45) is 0 Å². The van der Waals surface area contributed by atoms with E-state index in [-0.39, 0.29) is 6.04 Å². The van der Waals surface area contributed by atoms with Crippen molar-refractivity contribution in [2.75, 3.05) is 11.9 Å². The van der Waals surface area contributed by atoms with E-state index in [9.17, 15) is 0 Å². The van der Waals surface area contributed by atoms with Gasteiger partial charge in [0.15, 0.2) is 0 Å². The lowest BCUT2D eigenvalue weighted by Crippen LogP contribution is -2.22. The summed E-state index contributed by atoms with van der Waals surface area (Å²) in [4.78, 5) is 12.1. The molecule has 0 spiro atoms. The average molecular weight is 282 g/mol. The maximum absolute atomic E-state index is 6.03. The zero-order valence-electron chi connectivity index (χ0n) is 10.7. The maximum atomic E-state index is 6.03. The minimum Gasteiger partial charge on any atom is -0.352 e. The van der Waals surface area contributed by atoms with Crippen LogP contribution in [0.5, 0.6) is 0 Å². The molecule has 0 N–H and O–H groups in total. The zero-order chi connectivity index (χ0) is 13.1. The molecule has 2 heterocycles. The van der Waals surface area contributed by atoms with Gasteiger partial charge in [0, 0.05) is 24.4 Å². The van der Waals surface area contributed by atoms with Crippen LogP contribution in [0.25, 0.3) is 0 Å². The van der Waals surface area contributed by atoms with E-state index in [4.69, 9.17) is 11.6 Å². The molecule has 0 amide bonds. The summed E-state index contributed by atoms with van der Waals surface area (Å²) < 4.78 is 0. The average Bonchev–Trinajstić information content (AvgIpc) is 2.90. The van der Waals surface area contributed by atoms with E-state index in [1.165, 1.54) is 4.88 Å². The molecule has 0 aromatic carbocycles. The van der Waals surface area contributed by atoms with Crippen molar-refractivity contribution in [2.45, 2.75) is 26.3 Å². The molecule has 1 unspecified atom stereocenters. The van der Waals surface area contributed by atoms with Crippen molar-refractivity contribution < 1.29 is 0 Å². The predicted octanol–water partition coefficient (Wildman–Crippen LogP) is 3.95. The van der Waals surface area contributed by atoms with Crippen LogP contribution in [0.15, 0.2) is 23.6 Å². The van der Waals surface area contributed by atoms with Crippen molar-refractivity contribution in [3.8, 4) is 0 Å². The van der Waals surface area contributed by atoms with Crippen LogP contribution in [0.3, 0.4) is 0 Å². The third-order valence-electron chi connectivity index (χ3n) is 2.94. The van der Waals surface area contributed by atoms with Crippen molar-refractivity contribution in [1.29, 1.82) is 0 Å². The van der Waals surface area contributed by atoms with Crippen LogP contribution in [-0.2, 0) is 6.42 Å². The highest BCUT2D eigenvalue weighted by atomic mass is 35.5. The van der Waals surface area contributed by atoms with Crippen LogP contribution in [0.2, 0.25) is 5.15 Å². The summed E-state index contributed by atoms with van der Waals surface area (Å²) in [5, 5.41) is 2.59. The smallest absolute Gasteiger partial charge is 0.134 e. The van der Waals surface area contributed by atoms with Gasteiger partial charge in [0.2, 0.25) is 0 Å². The van der Waals surface area contributed by atoms with E-state index in [2.05, 4.69) is 39.3 Å². The molecule has 0 saturated carbocycles. The summed E-state index contributed by atoms with van der Waals surface area (Å²) >= 11 is 7.78. The molecule has 0 aliphatic rings. The van der Waals surface area contributed by atoms with Gasteiger partial charge in [-0.2, -0.15) is 0 Å². The Morgan fingerprint density at radius 1 is 1.44 bits per heavy atom. The Bertz CT molecular complexity index is 513. The number of aryl methyl sites for hydroxylation is 1. The lowest BCUT2D eigenvalue weighted by Gasteiger charge is -2.25. The Morgan fingerprint density at radius 2 is 2.22 bits per heavy atom. The standard InChI is InChI=1S/C13H16ClN3S/c1-4-12-15-11(14)8-13(16-12)17(3)9(2)10-6-5-7-18-10/h5-9H,4H2,1-3H3. The lowest BCUT2D eigenvalue weighted by molar-refractivity contribution is 0.734. The molecule has 2 aromatic heterocycles. The van der Waals surface area contributed by atoms with Crippen LogP contribution in [-0.4, -0.2) is 17.0 Å². The first kappa shape index (κ1) is 13.3. The van der Waals surface area contributed by atoms with Gasteiger partial charge < -0.3 is 4.90 Å². The molecule has 1 atom stereocenters. The number of hydrogen-bond acceptors (Lipinski definition) is 4. The number of aromatic nitrogens is 2. The number of thiophene rings is 1. The third-order valence-corrected chi connectivity index (χ3v) is 4.18. The van der Waals surface area contributed by atoms with E-state index >= 15 is 0 Å².